The molecular weight excluding hydrogens is 898 g/mol. The maximum atomic E-state index is 16.5. The Bertz CT molecular complexity index is 4140. The summed E-state index contributed by atoms with van der Waals surface area (Å²) in [5.41, 5.74) is 9.66. The molecule has 0 atom stereocenters. The smallest absolute Gasteiger partial charge is 0.170 e. The minimum Gasteiger partial charge on any atom is -0.309 e. The Kier molecular flexibility index (Phi) is 9.34. The number of halogens is 3. The third kappa shape index (κ3) is 6.41. The van der Waals surface area contributed by atoms with Crippen LogP contribution in [0.25, 0.3) is 128 Å². The lowest BCUT2D eigenvalue weighted by atomic mass is 10.0. The molecule has 0 aliphatic rings. The summed E-state index contributed by atoms with van der Waals surface area (Å²) in [6.45, 7) is 0. The van der Waals surface area contributed by atoms with E-state index >= 15 is 13.2 Å². The molecule has 0 aliphatic carbocycles. The van der Waals surface area contributed by atoms with Crippen LogP contribution in [0.15, 0.2) is 224 Å². The molecule has 0 radical (unpaired) electrons. The maximum Gasteiger partial charge on any atom is 0.170 e. The van der Waals surface area contributed by atoms with Crippen molar-refractivity contribution in [1.29, 1.82) is 0 Å². The van der Waals surface area contributed by atoms with Crippen molar-refractivity contribution < 1.29 is 13.2 Å². The molecule has 0 saturated carbocycles. The monoisotopic (exact) mass is 934 g/mol. The zero-order valence-electron chi connectivity index (χ0n) is 38.2. The van der Waals surface area contributed by atoms with Gasteiger partial charge in [-0.1, -0.05) is 146 Å². The normalized spacial score (nSPS) is 11.8. The van der Waals surface area contributed by atoms with Crippen LogP contribution in [0.2, 0.25) is 0 Å². The Labute approximate surface area is 409 Å². The SMILES string of the molecule is Fc1cc(-c2nc(-c3ccccc3)nc(-c3ccccc3)n2)c(F)c(F)c1-c1ccc(-n2c3ccc(-n4c5ccccc5c5ccccc54)cc3c3cc(-n4c5ccccc5c5ccccc54)ccc32)cc1. The van der Waals surface area contributed by atoms with Gasteiger partial charge in [0.05, 0.1) is 44.2 Å². The van der Waals surface area contributed by atoms with Gasteiger partial charge in [0, 0.05) is 60.5 Å². The highest BCUT2D eigenvalue weighted by Crippen LogP contribution is 2.41. The molecule has 14 aromatic rings. The fourth-order valence-corrected chi connectivity index (χ4v) is 10.7. The summed E-state index contributed by atoms with van der Waals surface area (Å²) in [6.07, 6.45) is 0. The van der Waals surface area contributed by atoms with Crippen LogP contribution in [-0.4, -0.2) is 28.7 Å². The van der Waals surface area contributed by atoms with E-state index in [2.05, 4.69) is 162 Å². The summed E-state index contributed by atoms with van der Waals surface area (Å²) in [4.78, 5) is 13.7. The molecule has 72 heavy (non-hydrogen) atoms. The van der Waals surface area contributed by atoms with Crippen molar-refractivity contribution in [1.82, 2.24) is 28.7 Å². The van der Waals surface area contributed by atoms with Gasteiger partial charge in [-0.15, -0.1) is 0 Å². The first-order chi connectivity index (χ1) is 35.5. The Morgan fingerprint density at radius 2 is 0.639 bits per heavy atom. The van der Waals surface area contributed by atoms with E-state index in [0.717, 1.165) is 67.0 Å². The average molecular weight is 935 g/mol. The predicted molar refractivity (Wildman–Crippen MR) is 284 cm³/mol. The lowest BCUT2D eigenvalue weighted by Gasteiger charge is -2.13. The summed E-state index contributed by atoms with van der Waals surface area (Å²) < 4.78 is 56.4. The van der Waals surface area contributed by atoms with Crippen LogP contribution in [0.3, 0.4) is 0 Å². The first-order valence-electron chi connectivity index (χ1n) is 23.7. The first kappa shape index (κ1) is 41.4. The number of aromatic nitrogens is 6. The molecule has 0 fully saturated rings. The van der Waals surface area contributed by atoms with E-state index in [1.54, 1.807) is 12.1 Å². The number of hydrogen-bond donors (Lipinski definition) is 0. The molecule has 0 spiro atoms. The molecule has 0 saturated heterocycles. The topological polar surface area (TPSA) is 53.5 Å². The van der Waals surface area contributed by atoms with Crippen LogP contribution in [0, 0.1) is 17.5 Å². The van der Waals surface area contributed by atoms with Gasteiger partial charge >= 0.3 is 0 Å². The lowest BCUT2D eigenvalue weighted by molar-refractivity contribution is 0.501. The fourth-order valence-electron chi connectivity index (χ4n) is 10.7. The van der Waals surface area contributed by atoms with Crippen LogP contribution in [0.4, 0.5) is 13.2 Å². The van der Waals surface area contributed by atoms with Gasteiger partial charge in [-0.2, -0.15) is 0 Å². The van der Waals surface area contributed by atoms with Crippen molar-refractivity contribution in [3.63, 3.8) is 0 Å². The molecule has 340 valence electrons. The van der Waals surface area contributed by atoms with Gasteiger partial charge in [0.25, 0.3) is 0 Å². The highest BCUT2D eigenvalue weighted by Gasteiger charge is 2.25. The second-order valence-corrected chi connectivity index (χ2v) is 18.0. The summed E-state index contributed by atoms with van der Waals surface area (Å²) in [7, 11) is 0. The summed E-state index contributed by atoms with van der Waals surface area (Å²) in [6, 6.07) is 73.1. The Hall–Kier alpha value is -9.60. The molecule has 0 N–H and O–H groups in total. The molecule has 6 nitrogen and oxygen atoms in total. The Balaban J connectivity index is 0.920. The molecule has 10 aromatic carbocycles. The van der Waals surface area contributed by atoms with E-state index in [1.807, 2.05) is 72.8 Å². The molecule has 0 aliphatic heterocycles. The van der Waals surface area contributed by atoms with Crippen LogP contribution < -0.4 is 0 Å². The first-order valence-corrected chi connectivity index (χ1v) is 23.7. The van der Waals surface area contributed by atoms with E-state index in [1.165, 1.54) is 21.5 Å². The largest absolute Gasteiger partial charge is 0.309 e. The number of benzene rings is 10. The third-order valence-corrected chi connectivity index (χ3v) is 13.9. The Morgan fingerprint density at radius 1 is 0.278 bits per heavy atom. The van der Waals surface area contributed by atoms with Gasteiger partial charge in [-0.05, 0) is 84.4 Å². The predicted octanol–water partition coefficient (Wildman–Crippen LogP) is 16.2. The number of nitrogens with zero attached hydrogens (tertiary/aromatic N) is 6. The van der Waals surface area contributed by atoms with Crippen LogP contribution in [0.1, 0.15) is 0 Å². The van der Waals surface area contributed by atoms with E-state index < -0.39 is 28.6 Å². The summed E-state index contributed by atoms with van der Waals surface area (Å²) in [5, 5.41) is 6.74. The van der Waals surface area contributed by atoms with Gasteiger partial charge in [0.15, 0.2) is 29.1 Å². The van der Waals surface area contributed by atoms with Crippen LogP contribution in [0.5, 0.6) is 0 Å². The van der Waals surface area contributed by atoms with Crippen molar-refractivity contribution in [3.05, 3.63) is 242 Å². The number of rotatable bonds is 7. The van der Waals surface area contributed by atoms with Gasteiger partial charge in [-0.25, -0.2) is 28.1 Å². The molecule has 9 heteroatoms. The van der Waals surface area contributed by atoms with E-state index in [0.29, 0.717) is 11.1 Å². The molecular formula is C63H37F3N6. The van der Waals surface area contributed by atoms with Gasteiger partial charge < -0.3 is 13.7 Å². The highest BCUT2D eigenvalue weighted by atomic mass is 19.2. The van der Waals surface area contributed by atoms with Gasteiger partial charge in [0.2, 0.25) is 0 Å². The lowest BCUT2D eigenvalue weighted by Crippen LogP contribution is -2.04. The van der Waals surface area contributed by atoms with Gasteiger partial charge in [0.1, 0.15) is 5.82 Å². The molecule has 0 amide bonds. The van der Waals surface area contributed by atoms with Crippen LogP contribution in [-0.2, 0) is 0 Å². The quantitative estimate of drug-likeness (QED) is 0.150. The highest BCUT2D eigenvalue weighted by molar-refractivity contribution is 6.14. The molecule has 0 unspecified atom stereocenters. The van der Waals surface area contributed by atoms with Crippen molar-refractivity contribution in [2.75, 3.05) is 0 Å². The van der Waals surface area contributed by atoms with Gasteiger partial charge in [-0.3, -0.25) is 0 Å². The minimum absolute atomic E-state index is 0.174. The average Bonchev–Trinajstić information content (AvgIpc) is 4.08. The number of fused-ring (bicyclic) bond motifs is 9. The fraction of sp³-hybridized carbons (Fsp3) is 0. The van der Waals surface area contributed by atoms with Crippen molar-refractivity contribution >= 4 is 65.4 Å². The van der Waals surface area contributed by atoms with Crippen LogP contribution >= 0.6 is 0 Å². The maximum absolute atomic E-state index is 16.5. The Morgan fingerprint density at radius 3 is 1.08 bits per heavy atom. The van der Waals surface area contributed by atoms with Crippen molar-refractivity contribution in [3.8, 4) is 62.4 Å². The second kappa shape index (κ2) is 16.3. The molecule has 0 bridgehead atoms. The zero-order chi connectivity index (χ0) is 48.0. The van der Waals surface area contributed by atoms with E-state index in [4.69, 9.17) is 0 Å². The van der Waals surface area contributed by atoms with E-state index in [-0.39, 0.29) is 23.0 Å². The molecule has 14 rings (SSSR count). The van der Waals surface area contributed by atoms with Crippen molar-refractivity contribution in [2.45, 2.75) is 0 Å². The standard InChI is InChI=1S/C63H37F3N6/c64-51-37-50(63-68-61(39-15-3-1-4-16-39)67-62(69-63)40-17-5-2-6-18-40)59(65)60(66)58(51)38-27-29-41(30-28-38)70-56-33-31-42(71-52-23-11-7-19-44(52)45-20-8-12-24-53(45)71)35-48(56)49-36-43(32-34-57(49)70)72-54-25-13-9-21-46(54)47-22-10-14-26-55(47)72/h1-37H. The second-order valence-electron chi connectivity index (χ2n) is 18.0. The third-order valence-electron chi connectivity index (χ3n) is 13.9. The molecule has 4 aromatic heterocycles. The number of para-hydroxylation sites is 4. The molecule has 4 heterocycles. The minimum atomic E-state index is -1.34. The summed E-state index contributed by atoms with van der Waals surface area (Å²) >= 11 is 0. The zero-order valence-corrected chi connectivity index (χ0v) is 38.2. The van der Waals surface area contributed by atoms with Crippen molar-refractivity contribution in [2.24, 2.45) is 0 Å². The van der Waals surface area contributed by atoms with E-state index in [9.17, 15) is 0 Å². The number of hydrogen-bond acceptors (Lipinski definition) is 3. The summed E-state index contributed by atoms with van der Waals surface area (Å²) in [5.74, 6) is -3.25.